The van der Waals surface area contributed by atoms with Crippen LogP contribution in [0.2, 0.25) is 0 Å². The minimum atomic E-state index is 0.117. The van der Waals surface area contributed by atoms with Crippen LogP contribution in [0.1, 0.15) is 27.2 Å². The van der Waals surface area contributed by atoms with Gasteiger partial charge < -0.3 is 15.0 Å². The van der Waals surface area contributed by atoms with Gasteiger partial charge in [-0.25, -0.2) is 0 Å². The third-order valence-corrected chi connectivity index (χ3v) is 2.41. The van der Waals surface area contributed by atoms with Crippen molar-refractivity contribution in [2.24, 2.45) is 0 Å². The number of hydrogen-bond donors (Lipinski definition) is 1. The summed E-state index contributed by atoms with van der Waals surface area (Å²) in [4.78, 5) is 10.9. The highest BCUT2D eigenvalue weighted by atomic mass is 16.5. The van der Waals surface area contributed by atoms with E-state index < -0.39 is 0 Å². The van der Waals surface area contributed by atoms with Crippen LogP contribution >= 0.6 is 0 Å². The van der Waals surface area contributed by atoms with Crippen LogP contribution in [0.25, 0.3) is 0 Å². The quantitative estimate of drug-likeness (QED) is 0.763. The Bertz CT molecular complexity index is 344. The van der Waals surface area contributed by atoms with E-state index in [0.29, 0.717) is 5.88 Å². The van der Waals surface area contributed by atoms with E-state index in [0.717, 1.165) is 31.9 Å². The van der Waals surface area contributed by atoms with Crippen molar-refractivity contribution in [1.29, 1.82) is 0 Å². The molecular weight excluding hydrogens is 228 g/mol. The highest BCUT2D eigenvalue weighted by molar-refractivity contribution is 5.37. The fourth-order valence-electron chi connectivity index (χ4n) is 1.65. The molecule has 0 radical (unpaired) electrons. The lowest BCUT2D eigenvalue weighted by molar-refractivity contribution is 0.231. The summed E-state index contributed by atoms with van der Waals surface area (Å²) in [5.74, 6) is 1.47. The van der Waals surface area contributed by atoms with E-state index in [4.69, 9.17) is 4.74 Å². The van der Waals surface area contributed by atoms with E-state index in [1.54, 1.807) is 12.4 Å². The number of nitrogens with one attached hydrogen (secondary N) is 1. The van der Waals surface area contributed by atoms with E-state index in [1.807, 2.05) is 20.9 Å². The zero-order valence-electron chi connectivity index (χ0n) is 11.8. The van der Waals surface area contributed by atoms with Gasteiger partial charge in [-0.05, 0) is 27.3 Å². The Morgan fingerprint density at radius 1 is 1.33 bits per heavy atom. The monoisotopic (exact) mass is 252 g/mol. The largest absolute Gasteiger partial charge is 0.474 e. The molecule has 1 aromatic rings. The number of likely N-dealkylation sites (N-methyl/N-ethyl adjacent to an activating group) is 1. The Kier molecular flexibility index (Phi) is 6.43. The molecule has 0 aliphatic heterocycles. The van der Waals surface area contributed by atoms with Gasteiger partial charge in [-0.2, -0.15) is 4.98 Å². The summed E-state index contributed by atoms with van der Waals surface area (Å²) >= 11 is 0. The standard InChI is InChI=1S/C13H24N4O/c1-5-7-17(8-6-14-4)12-9-15-10-13(16-12)18-11(2)3/h9-11,14H,5-8H2,1-4H3. The molecule has 0 amide bonds. The second kappa shape index (κ2) is 7.87. The van der Waals surface area contributed by atoms with Crippen LogP contribution in [0.3, 0.4) is 0 Å². The van der Waals surface area contributed by atoms with E-state index in [9.17, 15) is 0 Å². The van der Waals surface area contributed by atoms with Crippen molar-refractivity contribution < 1.29 is 4.74 Å². The maximum atomic E-state index is 5.57. The fraction of sp³-hybridized carbons (Fsp3) is 0.692. The van der Waals surface area contributed by atoms with Crippen LogP contribution in [0.4, 0.5) is 5.82 Å². The lowest BCUT2D eigenvalue weighted by Gasteiger charge is -2.23. The number of hydrogen-bond acceptors (Lipinski definition) is 5. The molecule has 1 N–H and O–H groups in total. The fourth-order valence-corrected chi connectivity index (χ4v) is 1.65. The summed E-state index contributed by atoms with van der Waals surface area (Å²) in [6.07, 6.45) is 4.65. The molecular formula is C13H24N4O. The molecule has 0 saturated heterocycles. The van der Waals surface area contributed by atoms with Crippen molar-refractivity contribution in [3.63, 3.8) is 0 Å². The average molecular weight is 252 g/mol. The minimum Gasteiger partial charge on any atom is -0.474 e. The van der Waals surface area contributed by atoms with Gasteiger partial charge in [-0.1, -0.05) is 6.92 Å². The zero-order valence-corrected chi connectivity index (χ0v) is 11.8. The number of nitrogens with zero attached hydrogens (tertiary/aromatic N) is 3. The summed E-state index contributed by atoms with van der Waals surface area (Å²) < 4.78 is 5.57. The van der Waals surface area contributed by atoms with Crippen LogP contribution < -0.4 is 15.0 Å². The third kappa shape index (κ3) is 4.87. The molecule has 102 valence electrons. The zero-order chi connectivity index (χ0) is 13.4. The smallest absolute Gasteiger partial charge is 0.234 e. The van der Waals surface area contributed by atoms with E-state index >= 15 is 0 Å². The molecule has 0 aromatic carbocycles. The molecule has 18 heavy (non-hydrogen) atoms. The first kappa shape index (κ1) is 14.7. The molecule has 0 saturated carbocycles. The van der Waals surface area contributed by atoms with Crippen LogP contribution in [-0.4, -0.2) is 42.8 Å². The van der Waals surface area contributed by atoms with E-state index in [2.05, 4.69) is 27.1 Å². The predicted molar refractivity (Wildman–Crippen MR) is 74.2 cm³/mol. The summed E-state index contributed by atoms with van der Waals surface area (Å²) in [6.45, 7) is 8.95. The Labute approximate surface area is 110 Å². The van der Waals surface area contributed by atoms with E-state index in [1.165, 1.54) is 0 Å². The summed E-state index contributed by atoms with van der Waals surface area (Å²) in [5.41, 5.74) is 0. The second-order valence-corrected chi connectivity index (χ2v) is 4.47. The molecule has 0 fully saturated rings. The Balaban J connectivity index is 2.76. The van der Waals surface area contributed by atoms with Crippen LogP contribution in [0.15, 0.2) is 12.4 Å². The van der Waals surface area contributed by atoms with Crippen molar-refractivity contribution in [1.82, 2.24) is 15.3 Å². The molecule has 0 bridgehead atoms. The molecule has 1 rings (SSSR count). The van der Waals surface area contributed by atoms with Gasteiger partial charge in [-0.3, -0.25) is 4.98 Å². The maximum Gasteiger partial charge on any atom is 0.234 e. The van der Waals surface area contributed by atoms with E-state index in [-0.39, 0.29) is 6.10 Å². The predicted octanol–water partition coefficient (Wildman–Crippen LogP) is 1.70. The normalized spacial score (nSPS) is 10.7. The molecule has 0 atom stereocenters. The first-order valence-electron chi connectivity index (χ1n) is 6.55. The van der Waals surface area contributed by atoms with Gasteiger partial charge in [0.05, 0.1) is 18.5 Å². The van der Waals surface area contributed by atoms with Gasteiger partial charge in [0, 0.05) is 19.6 Å². The van der Waals surface area contributed by atoms with Gasteiger partial charge >= 0.3 is 0 Å². The second-order valence-electron chi connectivity index (χ2n) is 4.47. The lowest BCUT2D eigenvalue weighted by Crippen LogP contribution is -2.32. The highest BCUT2D eigenvalue weighted by Gasteiger charge is 2.09. The molecule has 1 heterocycles. The van der Waals surface area contributed by atoms with Crippen LogP contribution in [0.5, 0.6) is 5.88 Å². The number of ether oxygens (including phenoxy) is 1. The van der Waals surface area contributed by atoms with Crippen molar-refractivity contribution in [3.8, 4) is 5.88 Å². The highest BCUT2D eigenvalue weighted by Crippen LogP contribution is 2.15. The molecule has 0 aliphatic rings. The Hall–Kier alpha value is -1.36. The molecule has 5 heteroatoms. The summed E-state index contributed by atoms with van der Waals surface area (Å²) in [6, 6.07) is 0. The van der Waals surface area contributed by atoms with Gasteiger partial charge in [0.1, 0.15) is 0 Å². The lowest BCUT2D eigenvalue weighted by atomic mass is 10.4. The summed E-state index contributed by atoms with van der Waals surface area (Å²) in [7, 11) is 1.95. The number of rotatable bonds is 8. The van der Waals surface area contributed by atoms with Crippen LogP contribution in [0, 0.1) is 0 Å². The minimum absolute atomic E-state index is 0.117. The average Bonchev–Trinajstić information content (AvgIpc) is 2.34. The third-order valence-electron chi connectivity index (χ3n) is 2.41. The van der Waals surface area contributed by atoms with Gasteiger partial charge in [-0.15, -0.1) is 0 Å². The molecule has 0 aliphatic carbocycles. The molecule has 0 spiro atoms. The SMILES string of the molecule is CCCN(CCNC)c1cncc(OC(C)C)n1. The van der Waals surface area contributed by atoms with Gasteiger partial charge in [0.25, 0.3) is 0 Å². The molecule has 1 aromatic heterocycles. The Morgan fingerprint density at radius 3 is 2.72 bits per heavy atom. The summed E-state index contributed by atoms with van der Waals surface area (Å²) in [5, 5.41) is 3.15. The number of aromatic nitrogens is 2. The van der Waals surface area contributed by atoms with Gasteiger partial charge in [0.15, 0.2) is 5.82 Å². The van der Waals surface area contributed by atoms with Crippen molar-refractivity contribution in [2.75, 3.05) is 31.6 Å². The molecule has 0 unspecified atom stereocenters. The first-order chi connectivity index (χ1) is 8.67. The topological polar surface area (TPSA) is 50.3 Å². The first-order valence-corrected chi connectivity index (χ1v) is 6.55. The van der Waals surface area contributed by atoms with Crippen molar-refractivity contribution >= 4 is 5.82 Å². The van der Waals surface area contributed by atoms with Crippen molar-refractivity contribution in [2.45, 2.75) is 33.3 Å². The number of anilines is 1. The van der Waals surface area contributed by atoms with Gasteiger partial charge in [0.2, 0.25) is 5.88 Å². The van der Waals surface area contributed by atoms with Crippen LogP contribution in [-0.2, 0) is 0 Å². The Morgan fingerprint density at radius 2 is 2.11 bits per heavy atom. The maximum absolute atomic E-state index is 5.57. The van der Waals surface area contributed by atoms with Crippen molar-refractivity contribution in [3.05, 3.63) is 12.4 Å². The molecule has 5 nitrogen and oxygen atoms in total.